The van der Waals surface area contributed by atoms with E-state index in [1.807, 2.05) is 4.90 Å². The zero-order valence-electron chi connectivity index (χ0n) is 10.1. The van der Waals surface area contributed by atoms with Gasteiger partial charge in [-0.1, -0.05) is 26.7 Å². The Bertz CT molecular complexity index is 214. The number of halogens is 1. The monoisotopic (exact) mass is 231 g/mol. The van der Waals surface area contributed by atoms with E-state index in [2.05, 4.69) is 13.8 Å². The van der Waals surface area contributed by atoms with Crippen molar-refractivity contribution in [1.29, 1.82) is 0 Å². The minimum absolute atomic E-state index is 0.0949. The molecule has 1 aliphatic heterocycles. The fraction of sp³-hybridized carbons (Fsp3) is 0.917. The van der Waals surface area contributed by atoms with E-state index in [-0.39, 0.29) is 11.3 Å². The third kappa shape index (κ3) is 2.87. The van der Waals surface area contributed by atoms with Crippen LogP contribution in [0.4, 0.5) is 0 Å². The predicted molar refractivity (Wildman–Crippen MR) is 64.1 cm³/mol. The third-order valence-electron chi connectivity index (χ3n) is 3.98. The lowest BCUT2D eigenvalue weighted by Crippen LogP contribution is -2.45. The largest absolute Gasteiger partial charge is 0.341 e. The van der Waals surface area contributed by atoms with Gasteiger partial charge in [0.25, 0.3) is 0 Å². The van der Waals surface area contributed by atoms with Gasteiger partial charge in [-0.3, -0.25) is 4.79 Å². The van der Waals surface area contributed by atoms with E-state index >= 15 is 0 Å². The first-order valence-electron chi connectivity index (χ1n) is 5.97. The van der Waals surface area contributed by atoms with Gasteiger partial charge in [0.1, 0.15) is 5.38 Å². The van der Waals surface area contributed by atoms with Crippen LogP contribution in [0, 0.1) is 5.41 Å². The van der Waals surface area contributed by atoms with Crippen molar-refractivity contribution in [2.45, 2.75) is 51.8 Å². The number of carbonyl (C=O) groups is 1. The molecule has 0 aromatic rings. The van der Waals surface area contributed by atoms with Crippen molar-refractivity contribution in [3.8, 4) is 0 Å². The summed E-state index contributed by atoms with van der Waals surface area (Å²) in [6.07, 6.45) is 4.72. The molecule has 0 aromatic carbocycles. The maximum atomic E-state index is 11.7. The van der Waals surface area contributed by atoms with Gasteiger partial charge in [0, 0.05) is 13.1 Å². The van der Waals surface area contributed by atoms with Crippen LogP contribution >= 0.6 is 11.6 Å². The molecule has 0 radical (unpaired) electrons. The predicted octanol–water partition coefficient (Wildman–Crippen LogP) is 3.04. The molecular weight excluding hydrogens is 210 g/mol. The Labute approximate surface area is 98.0 Å². The zero-order valence-corrected chi connectivity index (χ0v) is 10.8. The highest BCUT2D eigenvalue weighted by molar-refractivity contribution is 6.30. The number of hydrogen-bond donors (Lipinski definition) is 0. The average molecular weight is 232 g/mol. The molecule has 88 valence electrons. The van der Waals surface area contributed by atoms with Crippen LogP contribution < -0.4 is 0 Å². The Balaban J connectivity index is 2.52. The second-order valence-corrected chi connectivity index (χ2v) is 5.30. The number of likely N-dealkylation sites (tertiary alicyclic amines) is 1. The van der Waals surface area contributed by atoms with Crippen molar-refractivity contribution in [2.24, 2.45) is 5.41 Å². The molecule has 2 nitrogen and oxygen atoms in total. The molecule has 1 rings (SSSR count). The number of hydrogen-bond acceptors (Lipinski definition) is 1. The van der Waals surface area contributed by atoms with Crippen LogP contribution in [0.15, 0.2) is 0 Å². The van der Waals surface area contributed by atoms with Crippen molar-refractivity contribution in [1.82, 2.24) is 4.90 Å². The smallest absolute Gasteiger partial charge is 0.240 e. The molecule has 1 heterocycles. The molecular formula is C12H22ClNO. The summed E-state index contributed by atoms with van der Waals surface area (Å²) in [7, 11) is 0. The topological polar surface area (TPSA) is 20.3 Å². The van der Waals surface area contributed by atoms with E-state index < -0.39 is 0 Å². The van der Waals surface area contributed by atoms with Gasteiger partial charge in [0.05, 0.1) is 0 Å². The molecule has 0 bridgehead atoms. The van der Waals surface area contributed by atoms with Gasteiger partial charge in [-0.15, -0.1) is 11.6 Å². The number of rotatable bonds is 3. The first kappa shape index (κ1) is 12.8. The maximum Gasteiger partial charge on any atom is 0.240 e. The summed E-state index contributed by atoms with van der Waals surface area (Å²) in [6, 6.07) is 0. The molecule has 1 atom stereocenters. The number of amides is 1. The van der Waals surface area contributed by atoms with Gasteiger partial charge < -0.3 is 4.90 Å². The van der Waals surface area contributed by atoms with Crippen LogP contribution in [0.5, 0.6) is 0 Å². The fourth-order valence-electron chi connectivity index (χ4n) is 2.41. The summed E-state index contributed by atoms with van der Waals surface area (Å²) < 4.78 is 0. The SMILES string of the molecule is CCC1(CC)CCN(C(=O)C(C)Cl)CC1. The molecule has 3 heteroatoms. The fourth-order valence-corrected chi connectivity index (χ4v) is 2.55. The quantitative estimate of drug-likeness (QED) is 0.684. The van der Waals surface area contributed by atoms with Crippen molar-refractivity contribution < 1.29 is 4.79 Å². The molecule has 0 spiro atoms. The Hall–Kier alpha value is -0.240. The van der Waals surface area contributed by atoms with Crippen LogP contribution in [0.25, 0.3) is 0 Å². The zero-order chi connectivity index (χ0) is 11.5. The van der Waals surface area contributed by atoms with E-state index in [9.17, 15) is 4.79 Å². The molecule has 0 aliphatic carbocycles. The molecule has 15 heavy (non-hydrogen) atoms. The summed E-state index contributed by atoms with van der Waals surface area (Å²) >= 11 is 5.81. The van der Waals surface area contributed by atoms with Crippen LogP contribution in [0.3, 0.4) is 0 Å². The lowest BCUT2D eigenvalue weighted by Gasteiger charge is -2.41. The summed E-state index contributed by atoms with van der Waals surface area (Å²) in [6.45, 7) is 8.04. The normalized spacial score (nSPS) is 22.5. The number of carbonyl (C=O) groups excluding carboxylic acids is 1. The first-order chi connectivity index (χ1) is 7.04. The molecule has 0 N–H and O–H groups in total. The van der Waals surface area contributed by atoms with Gasteiger partial charge in [-0.2, -0.15) is 0 Å². The minimum Gasteiger partial charge on any atom is -0.341 e. The highest BCUT2D eigenvalue weighted by Crippen LogP contribution is 2.37. The summed E-state index contributed by atoms with van der Waals surface area (Å²) in [5.74, 6) is 0.0949. The molecule has 0 saturated carbocycles. The summed E-state index contributed by atoms with van der Waals surface area (Å²) in [4.78, 5) is 13.6. The Kier molecular flexibility index (Phi) is 4.45. The average Bonchev–Trinajstić information content (AvgIpc) is 2.28. The van der Waals surface area contributed by atoms with Gasteiger partial charge in [-0.25, -0.2) is 0 Å². The molecule has 1 aliphatic rings. The molecule has 0 aromatic heterocycles. The van der Waals surface area contributed by atoms with Crippen LogP contribution in [-0.2, 0) is 4.79 Å². The Morgan fingerprint density at radius 3 is 2.13 bits per heavy atom. The summed E-state index contributed by atoms with van der Waals surface area (Å²) in [5.41, 5.74) is 0.479. The number of piperidine rings is 1. The van der Waals surface area contributed by atoms with E-state index in [1.54, 1.807) is 6.92 Å². The molecule has 1 saturated heterocycles. The lowest BCUT2D eigenvalue weighted by atomic mass is 9.74. The third-order valence-corrected chi connectivity index (χ3v) is 4.16. The van der Waals surface area contributed by atoms with Crippen LogP contribution in [0.1, 0.15) is 46.5 Å². The van der Waals surface area contributed by atoms with Gasteiger partial charge in [0.2, 0.25) is 5.91 Å². The van der Waals surface area contributed by atoms with Crippen molar-refractivity contribution in [2.75, 3.05) is 13.1 Å². The van der Waals surface area contributed by atoms with E-state index in [1.165, 1.54) is 12.8 Å². The van der Waals surface area contributed by atoms with Crippen LogP contribution in [-0.4, -0.2) is 29.3 Å². The van der Waals surface area contributed by atoms with E-state index in [0.29, 0.717) is 5.41 Å². The highest BCUT2D eigenvalue weighted by Gasteiger charge is 2.33. The molecule has 1 amide bonds. The van der Waals surface area contributed by atoms with Crippen molar-refractivity contribution in [3.05, 3.63) is 0 Å². The van der Waals surface area contributed by atoms with Gasteiger partial charge >= 0.3 is 0 Å². The van der Waals surface area contributed by atoms with Crippen LogP contribution in [0.2, 0.25) is 0 Å². The second-order valence-electron chi connectivity index (χ2n) is 4.65. The van der Waals surface area contributed by atoms with E-state index in [0.717, 1.165) is 25.9 Å². The highest BCUT2D eigenvalue weighted by atomic mass is 35.5. The number of alkyl halides is 1. The summed E-state index contributed by atoms with van der Waals surface area (Å²) in [5, 5.41) is -0.374. The minimum atomic E-state index is -0.374. The lowest BCUT2D eigenvalue weighted by molar-refractivity contribution is -0.132. The molecule has 1 unspecified atom stereocenters. The van der Waals surface area contributed by atoms with E-state index in [4.69, 9.17) is 11.6 Å². The first-order valence-corrected chi connectivity index (χ1v) is 6.41. The Morgan fingerprint density at radius 2 is 1.80 bits per heavy atom. The van der Waals surface area contributed by atoms with Gasteiger partial charge in [0.15, 0.2) is 0 Å². The molecule has 1 fully saturated rings. The van der Waals surface area contributed by atoms with Crippen molar-refractivity contribution in [3.63, 3.8) is 0 Å². The van der Waals surface area contributed by atoms with Crippen molar-refractivity contribution >= 4 is 17.5 Å². The second kappa shape index (κ2) is 5.20. The maximum absolute atomic E-state index is 11.7. The number of nitrogens with zero attached hydrogens (tertiary/aromatic N) is 1. The van der Waals surface area contributed by atoms with Gasteiger partial charge in [-0.05, 0) is 25.2 Å². The standard InChI is InChI=1S/C12H22ClNO/c1-4-12(5-2)6-8-14(9-7-12)11(15)10(3)13/h10H,4-9H2,1-3H3. The Morgan fingerprint density at radius 1 is 1.33 bits per heavy atom.